The number of anilines is 4. The van der Waals surface area contributed by atoms with Gasteiger partial charge >= 0.3 is 5.97 Å². The summed E-state index contributed by atoms with van der Waals surface area (Å²) in [5.74, 6) is 1.83. The first-order chi connectivity index (χ1) is 14.2. The number of carbonyl (C=O) groups is 1. The summed E-state index contributed by atoms with van der Waals surface area (Å²) >= 11 is 0. The van der Waals surface area contributed by atoms with Gasteiger partial charge in [-0.1, -0.05) is 18.2 Å². The molecule has 4 rings (SSSR count). The summed E-state index contributed by atoms with van der Waals surface area (Å²) in [6.45, 7) is 0.712. The third-order valence-corrected chi connectivity index (χ3v) is 4.37. The fourth-order valence-corrected chi connectivity index (χ4v) is 2.88. The van der Waals surface area contributed by atoms with Gasteiger partial charge in [0.2, 0.25) is 6.79 Å². The van der Waals surface area contributed by atoms with Crippen LogP contribution in [0, 0.1) is 0 Å². The zero-order valence-electron chi connectivity index (χ0n) is 15.6. The SMILES string of the molecule is COC(=O)c1ccccc1Nc1ncnc(NCc2ccc3c(c2)OCO3)c1N. The number of methoxy groups -OCH3 is 1. The van der Waals surface area contributed by atoms with Crippen molar-refractivity contribution in [3.8, 4) is 11.5 Å². The van der Waals surface area contributed by atoms with E-state index in [2.05, 4.69) is 20.6 Å². The molecule has 4 N–H and O–H groups in total. The van der Waals surface area contributed by atoms with Gasteiger partial charge in [0.15, 0.2) is 23.1 Å². The van der Waals surface area contributed by atoms with Crippen LogP contribution < -0.4 is 25.8 Å². The summed E-state index contributed by atoms with van der Waals surface area (Å²) in [7, 11) is 1.33. The first-order valence-electron chi connectivity index (χ1n) is 8.83. The molecule has 2 heterocycles. The number of benzene rings is 2. The zero-order valence-corrected chi connectivity index (χ0v) is 15.6. The van der Waals surface area contributed by atoms with Crippen LogP contribution in [0.5, 0.6) is 11.5 Å². The van der Waals surface area contributed by atoms with Gasteiger partial charge in [-0.2, -0.15) is 0 Å². The number of nitrogen functional groups attached to an aromatic ring is 1. The van der Waals surface area contributed by atoms with E-state index in [1.807, 2.05) is 18.2 Å². The van der Waals surface area contributed by atoms with Crippen LogP contribution in [0.25, 0.3) is 0 Å². The number of esters is 1. The van der Waals surface area contributed by atoms with Gasteiger partial charge in [0.25, 0.3) is 0 Å². The second kappa shape index (κ2) is 7.93. The smallest absolute Gasteiger partial charge is 0.339 e. The van der Waals surface area contributed by atoms with Gasteiger partial charge in [-0.05, 0) is 29.8 Å². The lowest BCUT2D eigenvalue weighted by atomic mass is 10.2. The Morgan fingerprint density at radius 3 is 2.79 bits per heavy atom. The van der Waals surface area contributed by atoms with Crippen molar-refractivity contribution in [3.63, 3.8) is 0 Å². The Labute approximate surface area is 166 Å². The lowest BCUT2D eigenvalue weighted by Crippen LogP contribution is -2.10. The van der Waals surface area contributed by atoms with Gasteiger partial charge in [0.1, 0.15) is 12.0 Å². The highest BCUT2D eigenvalue weighted by atomic mass is 16.7. The number of rotatable bonds is 6. The van der Waals surface area contributed by atoms with Crippen LogP contribution in [0.1, 0.15) is 15.9 Å². The Bertz CT molecular complexity index is 1060. The van der Waals surface area contributed by atoms with Crippen LogP contribution in [-0.4, -0.2) is 29.8 Å². The standard InChI is InChI=1S/C20H19N5O4/c1-27-20(26)13-4-2-3-5-14(13)25-19-17(21)18(23-10-24-19)22-9-12-6-7-15-16(8-12)29-11-28-15/h2-8,10H,9,11,21H2,1H3,(H2,22,23,24,25). The molecule has 1 aromatic heterocycles. The second-order valence-corrected chi connectivity index (χ2v) is 6.19. The van der Waals surface area contributed by atoms with Gasteiger partial charge in [-0.3, -0.25) is 0 Å². The number of nitrogens with two attached hydrogens (primary N) is 1. The van der Waals surface area contributed by atoms with E-state index in [1.165, 1.54) is 13.4 Å². The van der Waals surface area contributed by atoms with Crippen LogP contribution >= 0.6 is 0 Å². The molecule has 0 amide bonds. The second-order valence-electron chi connectivity index (χ2n) is 6.19. The van der Waals surface area contributed by atoms with E-state index in [0.29, 0.717) is 40.9 Å². The van der Waals surface area contributed by atoms with Crippen molar-refractivity contribution in [2.75, 3.05) is 30.3 Å². The summed E-state index contributed by atoms with van der Waals surface area (Å²) in [5.41, 5.74) is 8.46. The number of aromatic nitrogens is 2. The number of fused-ring (bicyclic) bond motifs is 1. The molecule has 29 heavy (non-hydrogen) atoms. The highest BCUT2D eigenvalue weighted by Gasteiger charge is 2.15. The van der Waals surface area contributed by atoms with E-state index in [0.717, 1.165) is 11.3 Å². The van der Waals surface area contributed by atoms with Crippen molar-refractivity contribution in [2.24, 2.45) is 0 Å². The molecule has 3 aromatic rings. The van der Waals surface area contributed by atoms with Crippen molar-refractivity contribution in [1.82, 2.24) is 9.97 Å². The molecular weight excluding hydrogens is 374 g/mol. The highest BCUT2D eigenvalue weighted by Crippen LogP contribution is 2.33. The lowest BCUT2D eigenvalue weighted by molar-refractivity contribution is 0.0602. The minimum Gasteiger partial charge on any atom is -0.465 e. The molecule has 0 saturated carbocycles. The van der Waals surface area contributed by atoms with Crippen LogP contribution in [-0.2, 0) is 11.3 Å². The Morgan fingerprint density at radius 2 is 1.93 bits per heavy atom. The summed E-state index contributed by atoms with van der Waals surface area (Å²) in [5, 5.41) is 6.27. The van der Waals surface area contributed by atoms with Crippen LogP contribution in [0.4, 0.5) is 23.0 Å². The molecule has 0 bridgehead atoms. The fourth-order valence-electron chi connectivity index (χ4n) is 2.88. The quantitative estimate of drug-likeness (QED) is 0.543. The molecule has 9 nitrogen and oxygen atoms in total. The molecule has 0 spiro atoms. The van der Waals surface area contributed by atoms with Gasteiger partial charge in [0, 0.05) is 6.54 Å². The maximum Gasteiger partial charge on any atom is 0.339 e. The van der Waals surface area contributed by atoms with Crippen LogP contribution in [0.3, 0.4) is 0 Å². The maximum absolute atomic E-state index is 12.0. The molecule has 0 radical (unpaired) electrons. The van der Waals surface area contributed by atoms with Gasteiger partial charge < -0.3 is 30.6 Å². The first kappa shape index (κ1) is 18.4. The molecule has 0 atom stereocenters. The van der Waals surface area contributed by atoms with Crippen LogP contribution in [0.2, 0.25) is 0 Å². The molecule has 1 aliphatic rings. The first-order valence-corrected chi connectivity index (χ1v) is 8.83. The molecule has 0 fully saturated rings. The van der Waals surface area contributed by atoms with Crippen molar-refractivity contribution in [3.05, 3.63) is 59.9 Å². The van der Waals surface area contributed by atoms with Gasteiger partial charge in [-0.25, -0.2) is 14.8 Å². The van der Waals surface area contributed by atoms with Crippen molar-refractivity contribution < 1.29 is 19.0 Å². The predicted octanol–water partition coefficient (Wildman–Crippen LogP) is 2.93. The topological polar surface area (TPSA) is 121 Å². The Kier molecular flexibility index (Phi) is 5.02. The monoisotopic (exact) mass is 393 g/mol. The number of carbonyl (C=O) groups excluding carboxylic acids is 1. The molecule has 0 unspecified atom stereocenters. The Balaban J connectivity index is 1.51. The summed E-state index contributed by atoms with van der Waals surface area (Å²) < 4.78 is 15.5. The number of hydrogen-bond donors (Lipinski definition) is 3. The molecular formula is C20H19N5O4. The molecule has 0 aliphatic carbocycles. The third-order valence-electron chi connectivity index (χ3n) is 4.37. The molecule has 148 valence electrons. The largest absolute Gasteiger partial charge is 0.465 e. The van der Waals surface area contributed by atoms with Crippen molar-refractivity contribution >= 4 is 29.0 Å². The van der Waals surface area contributed by atoms with E-state index >= 15 is 0 Å². The van der Waals surface area contributed by atoms with E-state index in [1.54, 1.807) is 24.3 Å². The molecule has 0 saturated heterocycles. The fraction of sp³-hybridized carbons (Fsp3) is 0.150. The minimum atomic E-state index is -0.457. The lowest BCUT2D eigenvalue weighted by Gasteiger charge is -2.14. The summed E-state index contributed by atoms with van der Waals surface area (Å²) in [6.07, 6.45) is 1.39. The third kappa shape index (κ3) is 3.84. The molecule has 9 heteroatoms. The summed E-state index contributed by atoms with van der Waals surface area (Å²) in [6, 6.07) is 12.6. The van der Waals surface area contributed by atoms with E-state index < -0.39 is 5.97 Å². The molecule has 1 aliphatic heterocycles. The zero-order chi connectivity index (χ0) is 20.2. The van der Waals surface area contributed by atoms with Crippen LogP contribution in [0.15, 0.2) is 48.8 Å². The maximum atomic E-state index is 12.0. The number of hydrogen-bond acceptors (Lipinski definition) is 9. The van der Waals surface area contributed by atoms with Crippen molar-refractivity contribution in [2.45, 2.75) is 6.54 Å². The predicted molar refractivity (Wildman–Crippen MR) is 107 cm³/mol. The van der Waals surface area contributed by atoms with E-state index in [-0.39, 0.29) is 6.79 Å². The number of nitrogens with zero attached hydrogens (tertiary/aromatic N) is 2. The summed E-state index contributed by atoms with van der Waals surface area (Å²) in [4.78, 5) is 20.4. The average molecular weight is 393 g/mol. The number of nitrogens with one attached hydrogen (secondary N) is 2. The normalized spacial score (nSPS) is 11.8. The Morgan fingerprint density at radius 1 is 1.14 bits per heavy atom. The number of ether oxygens (including phenoxy) is 3. The van der Waals surface area contributed by atoms with E-state index in [9.17, 15) is 4.79 Å². The van der Waals surface area contributed by atoms with E-state index in [4.69, 9.17) is 19.9 Å². The number of para-hydroxylation sites is 1. The average Bonchev–Trinajstić information content (AvgIpc) is 3.22. The molecule has 2 aromatic carbocycles. The van der Waals surface area contributed by atoms with Gasteiger partial charge in [0.05, 0.1) is 18.4 Å². The minimum absolute atomic E-state index is 0.229. The Hall–Kier alpha value is -4.01. The van der Waals surface area contributed by atoms with Gasteiger partial charge in [-0.15, -0.1) is 0 Å². The van der Waals surface area contributed by atoms with Crippen molar-refractivity contribution in [1.29, 1.82) is 0 Å². The highest BCUT2D eigenvalue weighted by molar-refractivity contribution is 5.97.